The molecule has 3 rings (SSSR count). The smallest absolute Gasteiger partial charge is 0.344 e. The molecule has 0 spiro atoms. The highest BCUT2D eigenvalue weighted by Gasteiger charge is 2.33. The summed E-state index contributed by atoms with van der Waals surface area (Å²) in [6.45, 7) is 3.85. The molecule has 0 bridgehead atoms. The van der Waals surface area contributed by atoms with E-state index in [-0.39, 0.29) is 41.9 Å². The molecule has 0 saturated heterocycles. The number of nitrogens with zero attached hydrogens (tertiary/aromatic N) is 1. The maximum absolute atomic E-state index is 12.5. The third kappa shape index (κ3) is 6.44. The zero-order valence-corrected chi connectivity index (χ0v) is 21.0. The van der Waals surface area contributed by atoms with Gasteiger partial charge in [-0.15, -0.1) is 0 Å². The zero-order valence-electron chi connectivity index (χ0n) is 18.6. The molecule has 9 heteroatoms. The number of para-hydroxylation sites is 1. The Hall–Kier alpha value is -2.74. The van der Waals surface area contributed by atoms with Crippen LogP contribution in [0.15, 0.2) is 63.7 Å². The third-order valence-electron chi connectivity index (χ3n) is 4.66. The van der Waals surface area contributed by atoms with Crippen molar-refractivity contribution < 1.29 is 24.2 Å². The molecule has 2 aromatic carbocycles. The fourth-order valence-corrected chi connectivity index (χ4v) is 4.53. The van der Waals surface area contributed by atoms with Crippen LogP contribution in [0.3, 0.4) is 0 Å². The average molecular weight is 520 g/mol. The van der Waals surface area contributed by atoms with Crippen LogP contribution in [0.2, 0.25) is 10.0 Å². The number of aliphatic hydroxyl groups is 1. The van der Waals surface area contributed by atoms with Gasteiger partial charge in [0.25, 0.3) is 0 Å². The normalized spacial score (nSPS) is 15.8. The Labute approximate surface area is 212 Å². The van der Waals surface area contributed by atoms with Crippen molar-refractivity contribution in [1.82, 2.24) is 0 Å². The summed E-state index contributed by atoms with van der Waals surface area (Å²) in [5.41, 5.74) is 1.31. The Morgan fingerprint density at radius 3 is 2.62 bits per heavy atom. The first-order valence-electron chi connectivity index (χ1n) is 10.6. The molecular formula is C25H23Cl2NO5S. The first kappa shape index (κ1) is 25.9. The summed E-state index contributed by atoms with van der Waals surface area (Å²) < 4.78 is 11.0. The van der Waals surface area contributed by atoms with Crippen LogP contribution in [0.5, 0.6) is 5.75 Å². The summed E-state index contributed by atoms with van der Waals surface area (Å²) in [5, 5.41) is 12.0. The van der Waals surface area contributed by atoms with E-state index in [1.54, 1.807) is 43.3 Å². The van der Waals surface area contributed by atoms with Crippen molar-refractivity contribution in [3.8, 4) is 5.75 Å². The number of benzene rings is 2. The number of carbonyl (C=O) groups is 2. The van der Waals surface area contributed by atoms with E-state index < -0.39 is 5.97 Å². The van der Waals surface area contributed by atoms with Gasteiger partial charge in [-0.25, -0.2) is 9.79 Å². The number of thioether (sulfide) groups is 1. The summed E-state index contributed by atoms with van der Waals surface area (Å²) in [5.74, 6) is -0.855. The molecule has 0 aliphatic carbocycles. The van der Waals surface area contributed by atoms with Gasteiger partial charge in [0.2, 0.25) is 5.91 Å². The van der Waals surface area contributed by atoms with Gasteiger partial charge >= 0.3 is 5.97 Å². The predicted molar refractivity (Wildman–Crippen MR) is 136 cm³/mol. The zero-order chi connectivity index (χ0) is 24.7. The molecule has 1 heterocycles. The number of amides is 1. The van der Waals surface area contributed by atoms with Gasteiger partial charge in [-0.3, -0.25) is 4.79 Å². The van der Waals surface area contributed by atoms with Gasteiger partial charge in [0.15, 0.2) is 0 Å². The number of halogens is 2. The maximum atomic E-state index is 12.5. The largest absolute Gasteiger partial charge is 0.506 e. The molecule has 0 aromatic heterocycles. The molecule has 2 aromatic rings. The van der Waals surface area contributed by atoms with Crippen molar-refractivity contribution in [1.29, 1.82) is 0 Å². The first-order valence-corrected chi connectivity index (χ1v) is 12.2. The van der Waals surface area contributed by atoms with Gasteiger partial charge in [0.1, 0.15) is 28.7 Å². The molecule has 1 aliphatic rings. The minimum absolute atomic E-state index is 0.117. The second-order valence-electron chi connectivity index (χ2n) is 7.18. The van der Waals surface area contributed by atoms with Crippen LogP contribution >= 0.6 is 35.0 Å². The summed E-state index contributed by atoms with van der Waals surface area (Å²) in [4.78, 5) is 29.0. The summed E-state index contributed by atoms with van der Waals surface area (Å²) >= 11 is 13.2. The van der Waals surface area contributed by atoms with Gasteiger partial charge < -0.3 is 14.6 Å². The minimum Gasteiger partial charge on any atom is -0.506 e. The number of aliphatic hydroxyl groups excluding tert-OH is 1. The van der Waals surface area contributed by atoms with Crippen LogP contribution in [0, 0.1) is 0 Å². The lowest BCUT2D eigenvalue weighted by atomic mass is 10.1. The number of esters is 1. The quantitative estimate of drug-likeness (QED) is 0.387. The molecule has 6 nitrogen and oxygen atoms in total. The summed E-state index contributed by atoms with van der Waals surface area (Å²) in [7, 11) is 0. The highest BCUT2D eigenvalue weighted by molar-refractivity contribution is 8.18. The molecule has 1 N–H and O–H groups in total. The molecule has 0 atom stereocenters. The highest BCUT2D eigenvalue weighted by Crippen LogP contribution is 2.40. The van der Waals surface area contributed by atoms with Crippen molar-refractivity contribution in [3.63, 3.8) is 0 Å². The van der Waals surface area contributed by atoms with Crippen LogP contribution in [-0.4, -0.2) is 28.6 Å². The second-order valence-corrected chi connectivity index (χ2v) is 9.05. The third-order valence-corrected chi connectivity index (χ3v) is 6.27. The van der Waals surface area contributed by atoms with E-state index in [9.17, 15) is 14.7 Å². The van der Waals surface area contributed by atoms with Gasteiger partial charge in [0.05, 0.1) is 11.5 Å². The standard InChI is InChI=1S/C25H23Cl2NO5S/c1-3-7-21(29)28-24-22(25(31)32-4-2)23(30)20(34-24)12-15-8-5-6-9-19(15)33-14-16-10-11-17(26)13-18(16)27/h5-6,8-13,30H,3-4,7,14H2,1-2H3/b20-12-,28-24?. The van der Waals surface area contributed by atoms with Crippen molar-refractivity contribution >= 4 is 58.0 Å². The first-order chi connectivity index (χ1) is 16.3. The van der Waals surface area contributed by atoms with Crippen LogP contribution in [0.25, 0.3) is 6.08 Å². The van der Waals surface area contributed by atoms with E-state index in [4.69, 9.17) is 32.7 Å². The lowest BCUT2D eigenvalue weighted by Gasteiger charge is -2.11. The van der Waals surface area contributed by atoms with Gasteiger partial charge in [0, 0.05) is 27.6 Å². The van der Waals surface area contributed by atoms with E-state index in [2.05, 4.69) is 4.99 Å². The molecule has 0 unspecified atom stereocenters. The summed E-state index contributed by atoms with van der Waals surface area (Å²) in [6, 6.07) is 12.4. The SMILES string of the molecule is CCCC(=O)N=C1S/C(=C\c2ccccc2OCc2ccc(Cl)cc2Cl)C(O)=C1C(=O)OCC. The number of hydrogen-bond donors (Lipinski definition) is 1. The Morgan fingerprint density at radius 2 is 1.91 bits per heavy atom. The Bertz CT molecular complexity index is 1190. The number of rotatable bonds is 8. The highest BCUT2D eigenvalue weighted by atomic mass is 35.5. The van der Waals surface area contributed by atoms with Crippen LogP contribution in [-0.2, 0) is 20.9 Å². The second kappa shape index (κ2) is 12.1. The van der Waals surface area contributed by atoms with Crippen molar-refractivity contribution in [2.24, 2.45) is 4.99 Å². The fraction of sp³-hybridized carbons (Fsp3) is 0.240. The van der Waals surface area contributed by atoms with Gasteiger partial charge in [-0.2, -0.15) is 0 Å². The van der Waals surface area contributed by atoms with Gasteiger partial charge in [-0.05, 0) is 37.6 Å². The molecular weight excluding hydrogens is 497 g/mol. The Balaban J connectivity index is 1.92. The number of aliphatic imine (C=N–C) groups is 1. The monoisotopic (exact) mass is 519 g/mol. The number of carbonyl (C=O) groups excluding carboxylic acids is 2. The van der Waals surface area contributed by atoms with Crippen LogP contribution in [0.4, 0.5) is 0 Å². The molecule has 0 radical (unpaired) electrons. The molecule has 178 valence electrons. The van der Waals surface area contributed by atoms with E-state index in [1.165, 1.54) is 0 Å². The summed E-state index contributed by atoms with van der Waals surface area (Å²) in [6.07, 6.45) is 2.53. The van der Waals surface area contributed by atoms with Gasteiger partial charge in [-0.1, -0.05) is 66.2 Å². The molecule has 0 fully saturated rings. The number of hydrogen-bond acceptors (Lipinski definition) is 6. The lowest BCUT2D eigenvalue weighted by molar-refractivity contribution is -0.138. The Kier molecular flexibility index (Phi) is 9.21. The predicted octanol–water partition coefficient (Wildman–Crippen LogP) is 6.76. The molecule has 34 heavy (non-hydrogen) atoms. The van der Waals surface area contributed by atoms with E-state index >= 15 is 0 Å². The lowest BCUT2D eigenvalue weighted by Crippen LogP contribution is -2.14. The van der Waals surface area contributed by atoms with Crippen molar-refractivity contribution in [2.75, 3.05) is 6.61 Å². The van der Waals surface area contributed by atoms with E-state index in [0.717, 1.165) is 17.3 Å². The van der Waals surface area contributed by atoms with Crippen molar-refractivity contribution in [3.05, 3.63) is 79.9 Å². The van der Waals surface area contributed by atoms with E-state index in [1.807, 2.05) is 19.1 Å². The van der Waals surface area contributed by atoms with Crippen LogP contribution in [0.1, 0.15) is 37.8 Å². The molecule has 1 amide bonds. The molecule has 1 aliphatic heterocycles. The van der Waals surface area contributed by atoms with Crippen molar-refractivity contribution in [2.45, 2.75) is 33.3 Å². The topological polar surface area (TPSA) is 85.2 Å². The molecule has 0 saturated carbocycles. The van der Waals surface area contributed by atoms with Crippen LogP contribution < -0.4 is 4.74 Å². The van der Waals surface area contributed by atoms with E-state index in [0.29, 0.717) is 32.7 Å². The number of ether oxygens (including phenoxy) is 2. The Morgan fingerprint density at radius 1 is 1.15 bits per heavy atom. The average Bonchev–Trinajstić information content (AvgIpc) is 3.09. The minimum atomic E-state index is -0.735. The fourth-order valence-electron chi connectivity index (χ4n) is 3.04. The maximum Gasteiger partial charge on any atom is 0.344 e.